The maximum absolute atomic E-state index is 6.14. The summed E-state index contributed by atoms with van der Waals surface area (Å²) in [5.74, 6) is 0.962. The summed E-state index contributed by atoms with van der Waals surface area (Å²) in [6.45, 7) is 7.77. The fourth-order valence-corrected chi connectivity index (χ4v) is 3.12. The SMILES string of the molecule is CCNC1CC(Oc2cccc(Br)c2)C1(C)CC. The normalized spacial score (nSPS) is 30.9. The van der Waals surface area contributed by atoms with Gasteiger partial charge in [-0.05, 0) is 31.2 Å². The highest BCUT2D eigenvalue weighted by atomic mass is 79.9. The van der Waals surface area contributed by atoms with Gasteiger partial charge in [0.05, 0.1) is 0 Å². The van der Waals surface area contributed by atoms with Crippen molar-refractivity contribution in [2.45, 2.75) is 45.8 Å². The molecule has 1 aromatic carbocycles. The Morgan fingerprint density at radius 1 is 1.44 bits per heavy atom. The van der Waals surface area contributed by atoms with Crippen LogP contribution in [0.4, 0.5) is 0 Å². The zero-order valence-electron chi connectivity index (χ0n) is 11.4. The lowest BCUT2D eigenvalue weighted by Gasteiger charge is -2.53. The Hall–Kier alpha value is -0.540. The molecule has 3 unspecified atom stereocenters. The second kappa shape index (κ2) is 5.62. The summed E-state index contributed by atoms with van der Waals surface area (Å²) < 4.78 is 7.21. The number of rotatable bonds is 5. The van der Waals surface area contributed by atoms with Gasteiger partial charge in [-0.1, -0.05) is 42.8 Å². The van der Waals surface area contributed by atoms with E-state index < -0.39 is 0 Å². The molecule has 2 nitrogen and oxygen atoms in total. The Bertz CT molecular complexity index is 409. The van der Waals surface area contributed by atoms with Crippen LogP contribution in [0.15, 0.2) is 28.7 Å². The van der Waals surface area contributed by atoms with Crippen LogP contribution in [0.2, 0.25) is 0 Å². The monoisotopic (exact) mass is 311 g/mol. The van der Waals surface area contributed by atoms with Crippen molar-refractivity contribution in [1.82, 2.24) is 5.32 Å². The van der Waals surface area contributed by atoms with Gasteiger partial charge < -0.3 is 10.1 Å². The topological polar surface area (TPSA) is 21.3 Å². The smallest absolute Gasteiger partial charge is 0.120 e. The molecule has 1 fully saturated rings. The van der Waals surface area contributed by atoms with E-state index >= 15 is 0 Å². The van der Waals surface area contributed by atoms with Crippen LogP contribution in [0.1, 0.15) is 33.6 Å². The van der Waals surface area contributed by atoms with E-state index in [-0.39, 0.29) is 5.41 Å². The molecule has 1 saturated carbocycles. The first-order valence-corrected chi connectivity index (χ1v) is 7.55. The van der Waals surface area contributed by atoms with E-state index in [0.717, 1.165) is 29.6 Å². The fourth-order valence-electron chi connectivity index (χ4n) is 2.74. The highest BCUT2D eigenvalue weighted by Crippen LogP contribution is 2.46. The highest BCUT2D eigenvalue weighted by Gasteiger charge is 2.51. The van der Waals surface area contributed by atoms with Gasteiger partial charge >= 0.3 is 0 Å². The third-order valence-electron chi connectivity index (χ3n) is 4.27. The third-order valence-corrected chi connectivity index (χ3v) is 4.76. The summed E-state index contributed by atoms with van der Waals surface area (Å²) in [7, 11) is 0. The zero-order valence-corrected chi connectivity index (χ0v) is 13.0. The molecule has 1 aromatic rings. The maximum Gasteiger partial charge on any atom is 0.120 e. The van der Waals surface area contributed by atoms with Crippen molar-refractivity contribution < 1.29 is 4.74 Å². The summed E-state index contributed by atoms with van der Waals surface area (Å²) in [4.78, 5) is 0. The Morgan fingerprint density at radius 2 is 2.22 bits per heavy atom. The Balaban J connectivity index is 2.03. The van der Waals surface area contributed by atoms with Crippen molar-refractivity contribution in [3.8, 4) is 5.75 Å². The maximum atomic E-state index is 6.14. The van der Waals surface area contributed by atoms with Crippen molar-refractivity contribution in [1.29, 1.82) is 0 Å². The van der Waals surface area contributed by atoms with Crippen LogP contribution in [0, 0.1) is 5.41 Å². The van der Waals surface area contributed by atoms with Crippen LogP contribution < -0.4 is 10.1 Å². The van der Waals surface area contributed by atoms with Gasteiger partial charge in [-0.2, -0.15) is 0 Å². The third kappa shape index (κ3) is 2.57. The van der Waals surface area contributed by atoms with E-state index in [1.54, 1.807) is 0 Å². The first-order chi connectivity index (χ1) is 8.60. The fraction of sp³-hybridized carbons (Fsp3) is 0.600. The van der Waals surface area contributed by atoms with E-state index in [4.69, 9.17) is 4.74 Å². The van der Waals surface area contributed by atoms with Gasteiger partial charge in [0.1, 0.15) is 11.9 Å². The van der Waals surface area contributed by atoms with Gasteiger partial charge in [-0.25, -0.2) is 0 Å². The molecule has 0 aliphatic heterocycles. The Kier molecular flexibility index (Phi) is 4.33. The predicted octanol–water partition coefficient (Wildman–Crippen LogP) is 3.99. The lowest BCUT2D eigenvalue weighted by molar-refractivity contribution is -0.0697. The molecule has 0 aromatic heterocycles. The second-order valence-electron chi connectivity index (χ2n) is 5.27. The molecule has 100 valence electrons. The van der Waals surface area contributed by atoms with Gasteiger partial charge in [0.2, 0.25) is 0 Å². The molecule has 3 heteroatoms. The average molecular weight is 312 g/mol. The van der Waals surface area contributed by atoms with Gasteiger partial charge in [-0.3, -0.25) is 0 Å². The number of halogens is 1. The molecule has 0 heterocycles. The summed E-state index contributed by atoms with van der Waals surface area (Å²) in [6.07, 6.45) is 2.56. The van der Waals surface area contributed by atoms with Crippen molar-refractivity contribution in [2.24, 2.45) is 5.41 Å². The van der Waals surface area contributed by atoms with Crippen molar-refractivity contribution in [2.75, 3.05) is 6.54 Å². The van der Waals surface area contributed by atoms with E-state index in [1.807, 2.05) is 24.3 Å². The molecule has 0 radical (unpaired) electrons. The quantitative estimate of drug-likeness (QED) is 0.887. The van der Waals surface area contributed by atoms with E-state index in [1.165, 1.54) is 0 Å². The van der Waals surface area contributed by atoms with Crippen molar-refractivity contribution >= 4 is 15.9 Å². The predicted molar refractivity (Wildman–Crippen MR) is 79.0 cm³/mol. The molecular formula is C15H22BrNO. The molecular weight excluding hydrogens is 290 g/mol. The van der Waals surface area contributed by atoms with Crippen LogP contribution in [0.3, 0.4) is 0 Å². The number of nitrogens with one attached hydrogen (secondary N) is 1. The van der Waals surface area contributed by atoms with Crippen LogP contribution >= 0.6 is 15.9 Å². The molecule has 3 atom stereocenters. The first-order valence-electron chi connectivity index (χ1n) is 6.75. The molecule has 0 bridgehead atoms. The number of hydrogen-bond donors (Lipinski definition) is 1. The van der Waals surface area contributed by atoms with Crippen molar-refractivity contribution in [3.63, 3.8) is 0 Å². The molecule has 18 heavy (non-hydrogen) atoms. The van der Waals surface area contributed by atoms with Crippen LogP contribution in [0.5, 0.6) is 5.75 Å². The Morgan fingerprint density at radius 3 is 2.83 bits per heavy atom. The molecule has 1 N–H and O–H groups in total. The summed E-state index contributed by atoms with van der Waals surface area (Å²) in [5.41, 5.74) is 0.248. The molecule has 0 spiro atoms. The van der Waals surface area contributed by atoms with Crippen LogP contribution in [-0.2, 0) is 0 Å². The molecule has 1 aliphatic carbocycles. The lowest BCUT2D eigenvalue weighted by Crippen LogP contribution is -2.63. The number of hydrogen-bond acceptors (Lipinski definition) is 2. The molecule has 0 saturated heterocycles. The minimum atomic E-state index is 0.248. The Labute approximate surface area is 118 Å². The first kappa shape index (κ1) is 13.9. The van der Waals surface area contributed by atoms with Crippen LogP contribution in [0.25, 0.3) is 0 Å². The summed E-state index contributed by atoms with van der Waals surface area (Å²) >= 11 is 3.48. The zero-order chi connectivity index (χ0) is 13.2. The molecule has 2 rings (SSSR count). The molecule has 0 amide bonds. The molecule has 1 aliphatic rings. The lowest BCUT2D eigenvalue weighted by atomic mass is 9.61. The van der Waals surface area contributed by atoms with Gasteiger partial charge in [0.15, 0.2) is 0 Å². The van der Waals surface area contributed by atoms with Gasteiger partial charge in [0, 0.05) is 22.4 Å². The minimum absolute atomic E-state index is 0.248. The summed E-state index contributed by atoms with van der Waals surface area (Å²) in [6, 6.07) is 8.69. The largest absolute Gasteiger partial charge is 0.490 e. The van der Waals surface area contributed by atoms with E-state index in [9.17, 15) is 0 Å². The average Bonchev–Trinajstić information content (AvgIpc) is 2.36. The van der Waals surface area contributed by atoms with Crippen molar-refractivity contribution in [3.05, 3.63) is 28.7 Å². The highest BCUT2D eigenvalue weighted by molar-refractivity contribution is 9.10. The standard InChI is InChI=1S/C15H22BrNO/c1-4-15(3)13(17-5-2)10-14(15)18-12-8-6-7-11(16)9-12/h6-9,13-14,17H,4-5,10H2,1-3H3. The number of ether oxygens (including phenoxy) is 1. The second-order valence-corrected chi connectivity index (χ2v) is 6.18. The van der Waals surface area contributed by atoms with Gasteiger partial charge in [-0.15, -0.1) is 0 Å². The van der Waals surface area contributed by atoms with Crippen LogP contribution in [-0.4, -0.2) is 18.7 Å². The van der Waals surface area contributed by atoms with E-state index in [2.05, 4.69) is 42.0 Å². The number of benzene rings is 1. The minimum Gasteiger partial charge on any atom is -0.490 e. The van der Waals surface area contributed by atoms with Gasteiger partial charge in [0.25, 0.3) is 0 Å². The van der Waals surface area contributed by atoms with E-state index in [0.29, 0.717) is 12.1 Å². The summed E-state index contributed by atoms with van der Waals surface area (Å²) in [5, 5.41) is 3.56.